The number of aryl methyl sites for hydroxylation is 2. The molecule has 2 atom stereocenters. The number of imidazole rings is 1. The Morgan fingerprint density at radius 1 is 1.18 bits per heavy atom. The van der Waals surface area contributed by atoms with E-state index < -0.39 is 0 Å². The molecule has 142 valence electrons. The van der Waals surface area contributed by atoms with Crippen LogP contribution >= 0.6 is 11.3 Å². The van der Waals surface area contributed by atoms with Crippen LogP contribution in [0.15, 0.2) is 49.1 Å². The highest BCUT2D eigenvalue weighted by atomic mass is 32.1. The Hall–Kier alpha value is -2.73. The number of hydrogen-bond donors (Lipinski definition) is 1. The molecule has 1 aliphatic carbocycles. The second kappa shape index (κ2) is 7.02. The number of rotatable bonds is 4. The zero-order chi connectivity index (χ0) is 19.1. The molecule has 5 rings (SSSR count). The summed E-state index contributed by atoms with van der Waals surface area (Å²) in [4.78, 5) is 16.4. The van der Waals surface area contributed by atoms with Gasteiger partial charge in [-0.1, -0.05) is 37.3 Å². The van der Waals surface area contributed by atoms with Crippen LogP contribution in [0.4, 0.5) is 5.82 Å². The number of aromatic nitrogens is 4. The van der Waals surface area contributed by atoms with Crippen molar-refractivity contribution in [2.75, 3.05) is 5.32 Å². The van der Waals surface area contributed by atoms with Crippen molar-refractivity contribution in [3.63, 3.8) is 0 Å². The Bertz CT molecular complexity index is 1110. The zero-order valence-electron chi connectivity index (χ0n) is 16.1. The molecule has 28 heavy (non-hydrogen) atoms. The van der Waals surface area contributed by atoms with Crippen LogP contribution in [0.3, 0.4) is 0 Å². The van der Waals surface area contributed by atoms with E-state index in [4.69, 9.17) is 0 Å². The van der Waals surface area contributed by atoms with Crippen molar-refractivity contribution >= 4 is 27.4 Å². The molecule has 6 heteroatoms. The molecule has 1 aromatic carbocycles. The second-order valence-corrected chi connectivity index (χ2v) is 8.72. The number of anilines is 1. The third-order valence-corrected chi connectivity index (χ3v) is 6.78. The van der Waals surface area contributed by atoms with Crippen molar-refractivity contribution in [1.82, 2.24) is 19.5 Å². The molecule has 0 radical (unpaired) electrons. The Balaban J connectivity index is 1.62. The first-order valence-electron chi connectivity index (χ1n) is 9.74. The fourth-order valence-corrected chi connectivity index (χ4v) is 5.47. The Morgan fingerprint density at radius 3 is 2.82 bits per heavy atom. The minimum Gasteiger partial charge on any atom is -0.356 e. The van der Waals surface area contributed by atoms with E-state index in [1.54, 1.807) is 6.33 Å². The van der Waals surface area contributed by atoms with Crippen molar-refractivity contribution in [3.8, 4) is 0 Å². The lowest BCUT2D eigenvalue weighted by Gasteiger charge is -2.21. The van der Waals surface area contributed by atoms with Gasteiger partial charge < -0.3 is 9.88 Å². The van der Waals surface area contributed by atoms with Crippen LogP contribution in [-0.2, 0) is 19.9 Å². The van der Waals surface area contributed by atoms with E-state index in [0.717, 1.165) is 35.2 Å². The smallest absolute Gasteiger partial charge is 0.139 e. The summed E-state index contributed by atoms with van der Waals surface area (Å²) in [5.41, 5.74) is 2.61. The molecular formula is C22H23N5S. The number of fused-ring (bicyclic) bond motifs is 3. The van der Waals surface area contributed by atoms with Gasteiger partial charge in [0.15, 0.2) is 0 Å². The summed E-state index contributed by atoms with van der Waals surface area (Å²) in [7, 11) is 2.03. The first kappa shape index (κ1) is 17.4. The largest absolute Gasteiger partial charge is 0.356 e. The molecule has 5 nitrogen and oxygen atoms in total. The molecule has 4 aromatic rings. The van der Waals surface area contributed by atoms with E-state index in [9.17, 15) is 0 Å². The topological polar surface area (TPSA) is 55.6 Å². The third-order valence-electron chi connectivity index (χ3n) is 5.62. The highest BCUT2D eigenvalue weighted by Gasteiger charge is 2.25. The lowest BCUT2D eigenvalue weighted by molar-refractivity contribution is 0.509. The van der Waals surface area contributed by atoms with E-state index in [0.29, 0.717) is 0 Å². The van der Waals surface area contributed by atoms with Crippen LogP contribution in [0.2, 0.25) is 0 Å². The number of hydrogen-bond acceptors (Lipinski definition) is 5. The van der Waals surface area contributed by atoms with Crippen LogP contribution in [0.5, 0.6) is 0 Å². The Kier molecular flexibility index (Phi) is 4.36. The summed E-state index contributed by atoms with van der Waals surface area (Å²) in [6.07, 6.45) is 8.99. The maximum atomic E-state index is 4.66. The SMILES string of the molecule is CC1CCc2c(sc3ncnc(NC(c4ccccc4)c4nccn4C)c23)C1. The van der Waals surface area contributed by atoms with Crippen molar-refractivity contribution in [1.29, 1.82) is 0 Å². The minimum atomic E-state index is -0.0719. The monoisotopic (exact) mass is 389 g/mol. The summed E-state index contributed by atoms with van der Waals surface area (Å²) in [6, 6.07) is 10.4. The lowest BCUT2D eigenvalue weighted by atomic mass is 9.89. The molecule has 0 saturated heterocycles. The van der Waals surface area contributed by atoms with Crippen LogP contribution in [0, 0.1) is 5.92 Å². The molecule has 1 N–H and O–H groups in total. The third kappa shape index (κ3) is 2.98. The summed E-state index contributed by atoms with van der Waals surface area (Å²) in [5.74, 6) is 2.62. The lowest BCUT2D eigenvalue weighted by Crippen LogP contribution is -2.18. The maximum absolute atomic E-state index is 4.66. The highest BCUT2D eigenvalue weighted by Crippen LogP contribution is 2.40. The molecule has 0 bridgehead atoms. The first-order valence-corrected chi connectivity index (χ1v) is 10.6. The molecule has 0 aliphatic heterocycles. The normalized spacial score (nSPS) is 17.4. The number of nitrogens with one attached hydrogen (secondary N) is 1. The summed E-state index contributed by atoms with van der Waals surface area (Å²) in [5, 5.41) is 4.90. The molecule has 2 unspecified atom stereocenters. The summed E-state index contributed by atoms with van der Waals surface area (Å²) < 4.78 is 2.06. The van der Waals surface area contributed by atoms with Gasteiger partial charge in [-0.25, -0.2) is 15.0 Å². The molecule has 0 amide bonds. The first-order chi connectivity index (χ1) is 13.7. The molecule has 3 aromatic heterocycles. The molecular weight excluding hydrogens is 366 g/mol. The van der Waals surface area contributed by atoms with Crippen LogP contribution in [0.25, 0.3) is 10.2 Å². The van der Waals surface area contributed by atoms with Crippen molar-refractivity contribution in [2.24, 2.45) is 13.0 Å². The number of benzene rings is 1. The van der Waals surface area contributed by atoms with Gasteiger partial charge in [0.1, 0.15) is 28.8 Å². The van der Waals surface area contributed by atoms with Gasteiger partial charge in [0, 0.05) is 24.3 Å². The van der Waals surface area contributed by atoms with Gasteiger partial charge in [0.25, 0.3) is 0 Å². The summed E-state index contributed by atoms with van der Waals surface area (Å²) >= 11 is 1.83. The quantitative estimate of drug-likeness (QED) is 0.547. The van der Waals surface area contributed by atoms with Crippen LogP contribution < -0.4 is 5.32 Å². The van der Waals surface area contributed by atoms with Gasteiger partial charge in [0.2, 0.25) is 0 Å². The van der Waals surface area contributed by atoms with E-state index in [-0.39, 0.29) is 6.04 Å². The van der Waals surface area contributed by atoms with Gasteiger partial charge in [-0.2, -0.15) is 0 Å². The van der Waals surface area contributed by atoms with Gasteiger partial charge in [-0.15, -0.1) is 11.3 Å². The Morgan fingerprint density at radius 2 is 2.04 bits per heavy atom. The second-order valence-electron chi connectivity index (χ2n) is 7.64. The zero-order valence-corrected chi connectivity index (χ0v) is 16.9. The minimum absolute atomic E-state index is 0.0719. The predicted octanol–water partition coefficient (Wildman–Crippen LogP) is 4.75. The van der Waals surface area contributed by atoms with Crippen LogP contribution in [-0.4, -0.2) is 19.5 Å². The Labute approximate surface area is 168 Å². The van der Waals surface area contributed by atoms with Gasteiger partial charge in [-0.05, 0) is 36.3 Å². The molecule has 0 fully saturated rings. The van der Waals surface area contributed by atoms with Gasteiger partial charge >= 0.3 is 0 Å². The average molecular weight is 390 g/mol. The number of nitrogens with zero attached hydrogens (tertiary/aromatic N) is 4. The fraction of sp³-hybridized carbons (Fsp3) is 0.318. The molecule has 0 spiro atoms. The highest BCUT2D eigenvalue weighted by molar-refractivity contribution is 7.19. The van der Waals surface area contributed by atoms with Gasteiger partial charge in [0.05, 0.1) is 5.39 Å². The van der Waals surface area contributed by atoms with Gasteiger partial charge in [-0.3, -0.25) is 0 Å². The van der Waals surface area contributed by atoms with Crippen molar-refractivity contribution < 1.29 is 0 Å². The van der Waals surface area contributed by atoms with Crippen LogP contribution in [0.1, 0.15) is 41.2 Å². The molecule has 0 saturated carbocycles. The van der Waals surface area contributed by atoms with Crippen molar-refractivity contribution in [3.05, 3.63) is 70.9 Å². The fourth-order valence-electron chi connectivity index (χ4n) is 4.12. The number of thiophene rings is 1. The predicted molar refractivity (Wildman–Crippen MR) is 114 cm³/mol. The molecule has 3 heterocycles. The average Bonchev–Trinajstić information content (AvgIpc) is 3.29. The standard InChI is InChI=1S/C22H23N5S/c1-14-8-9-16-17(12-14)28-22-18(16)20(24-13-25-22)26-19(15-6-4-3-5-7-15)21-23-10-11-27(21)2/h3-7,10-11,13-14,19H,8-9,12H2,1-2H3,(H,24,25,26). The molecule has 1 aliphatic rings. The van der Waals surface area contributed by atoms with E-state index in [1.807, 2.05) is 36.8 Å². The van der Waals surface area contributed by atoms with E-state index in [2.05, 4.69) is 56.0 Å². The van der Waals surface area contributed by atoms with Crippen molar-refractivity contribution in [2.45, 2.75) is 32.2 Å². The van der Waals surface area contributed by atoms with E-state index >= 15 is 0 Å². The summed E-state index contributed by atoms with van der Waals surface area (Å²) in [6.45, 7) is 2.34. The van der Waals surface area contributed by atoms with E-state index in [1.165, 1.54) is 27.8 Å². The maximum Gasteiger partial charge on any atom is 0.139 e.